The molecule has 3 nitrogen and oxygen atoms in total. The fourth-order valence-electron chi connectivity index (χ4n) is 3.60. The van der Waals surface area contributed by atoms with Gasteiger partial charge in [-0.05, 0) is 55.0 Å². The molecule has 1 aliphatic heterocycles. The van der Waals surface area contributed by atoms with Gasteiger partial charge in [0.05, 0.1) is 0 Å². The lowest BCUT2D eigenvalue weighted by atomic mass is 9.96. The molecule has 2 N–H and O–H groups in total. The Morgan fingerprint density at radius 1 is 1.14 bits per heavy atom. The Morgan fingerprint density at radius 2 is 1.95 bits per heavy atom. The Balaban J connectivity index is 1.56. The van der Waals surface area contributed by atoms with Crippen LogP contribution < -0.4 is 10.6 Å². The van der Waals surface area contributed by atoms with E-state index in [-0.39, 0.29) is 5.91 Å². The third kappa shape index (κ3) is 4.07. The molecule has 1 amide bonds. The Morgan fingerprint density at radius 3 is 2.76 bits per heavy atom. The van der Waals surface area contributed by atoms with Crippen LogP contribution in [0.25, 0.3) is 0 Å². The number of hydrogen-bond acceptors (Lipinski definition) is 2. The topological polar surface area (TPSA) is 41.1 Å². The Labute approximate surface area is 127 Å². The van der Waals surface area contributed by atoms with Crippen molar-refractivity contribution >= 4 is 11.6 Å². The molecular weight excluding hydrogens is 260 g/mol. The molecule has 1 saturated carbocycles. The smallest absolute Gasteiger partial charge is 0.224 e. The number of carbonyl (C=O) groups is 1. The van der Waals surface area contributed by atoms with Gasteiger partial charge in [0.15, 0.2) is 0 Å². The van der Waals surface area contributed by atoms with Gasteiger partial charge >= 0.3 is 0 Å². The third-order valence-electron chi connectivity index (χ3n) is 4.83. The first-order valence-electron chi connectivity index (χ1n) is 8.43. The lowest BCUT2D eigenvalue weighted by Crippen LogP contribution is -2.24. The van der Waals surface area contributed by atoms with Crippen molar-refractivity contribution in [2.75, 3.05) is 11.9 Å². The Hall–Kier alpha value is -1.35. The molecule has 3 rings (SSSR count). The number of benzene rings is 1. The summed E-state index contributed by atoms with van der Waals surface area (Å²) in [6, 6.07) is 6.35. The van der Waals surface area contributed by atoms with Crippen molar-refractivity contribution in [1.29, 1.82) is 0 Å². The largest absolute Gasteiger partial charge is 0.326 e. The first-order chi connectivity index (χ1) is 10.3. The van der Waals surface area contributed by atoms with Crippen molar-refractivity contribution < 1.29 is 4.79 Å². The number of amides is 1. The number of nitrogens with one attached hydrogen (secondary N) is 2. The summed E-state index contributed by atoms with van der Waals surface area (Å²) in [6.45, 7) is 1.97. The quantitative estimate of drug-likeness (QED) is 0.833. The molecule has 1 aromatic carbocycles. The zero-order valence-electron chi connectivity index (χ0n) is 12.8. The van der Waals surface area contributed by atoms with E-state index in [2.05, 4.69) is 28.8 Å². The van der Waals surface area contributed by atoms with Crippen LogP contribution in [-0.4, -0.2) is 12.5 Å². The van der Waals surface area contributed by atoms with Crippen LogP contribution >= 0.6 is 0 Å². The van der Waals surface area contributed by atoms with Gasteiger partial charge in [-0.1, -0.05) is 31.7 Å². The summed E-state index contributed by atoms with van der Waals surface area (Å²) in [5.74, 6) is 0.775. The third-order valence-corrected chi connectivity index (χ3v) is 4.83. The van der Waals surface area contributed by atoms with Gasteiger partial charge in [-0.25, -0.2) is 0 Å². The second kappa shape index (κ2) is 7.08. The SMILES string of the molecule is O=C(CC1CCCCCC1)Nc1ccc2c(c1)CNCC2. The van der Waals surface area contributed by atoms with Gasteiger partial charge < -0.3 is 10.6 Å². The summed E-state index contributed by atoms with van der Waals surface area (Å²) in [5, 5.41) is 6.47. The molecule has 2 aliphatic rings. The zero-order valence-corrected chi connectivity index (χ0v) is 12.8. The standard InChI is InChI=1S/C18H26N2O/c21-18(11-14-5-3-1-2-4-6-14)20-17-8-7-15-9-10-19-13-16(15)12-17/h7-8,12,14,19H,1-6,9-11,13H2,(H,20,21). The van der Waals surface area contributed by atoms with Crippen molar-refractivity contribution in [1.82, 2.24) is 5.32 Å². The van der Waals surface area contributed by atoms with Crippen LogP contribution in [0, 0.1) is 5.92 Å². The van der Waals surface area contributed by atoms with Gasteiger partial charge in [-0.2, -0.15) is 0 Å². The summed E-state index contributed by atoms with van der Waals surface area (Å²) < 4.78 is 0. The molecule has 1 heterocycles. The van der Waals surface area contributed by atoms with E-state index in [1.165, 1.54) is 49.7 Å². The Kier molecular flexibility index (Phi) is 4.91. The Bertz CT molecular complexity index is 490. The lowest BCUT2D eigenvalue weighted by Gasteiger charge is -2.18. The van der Waals surface area contributed by atoms with E-state index in [9.17, 15) is 4.79 Å². The van der Waals surface area contributed by atoms with E-state index in [1.807, 2.05) is 0 Å². The van der Waals surface area contributed by atoms with Gasteiger partial charge in [0.25, 0.3) is 0 Å². The minimum absolute atomic E-state index is 0.186. The number of hydrogen-bond donors (Lipinski definition) is 2. The molecule has 0 bridgehead atoms. The van der Waals surface area contributed by atoms with E-state index in [0.717, 1.165) is 25.2 Å². The fraction of sp³-hybridized carbons (Fsp3) is 0.611. The van der Waals surface area contributed by atoms with Gasteiger partial charge in [0, 0.05) is 18.7 Å². The predicted octanol–water partition coefficient (Wildman–Crippen LogP) is 3.63. The van der Waals surface area contributed by atoms with E-state index in [1.54, 1.807) is 0 Å². The number of carbonyl (C=O) groups excluding carboxylic acids is 1. The molecule has 1 fully saturated rings. The second-order valence-electron chi connectivity index (χ2n) is 6.52. The minimum Gasteiger partial charge on any atom is -0.326 e. The maximum atomic E-state index is 12.2. The summed E-state index contributed by atoms with van der Waals surface area (Å²) in [4.78, 5) is 12.2. The highest BCUT2D eigenvalue weighted by Gasteiger charge is 2.16. The summed E-state index contributed by atoms with van der Waals surface area (Å²) in [5.41, 5.74) is 3.69. The fourth-order valence-corrected chi connectivity index (χ4v) is 3.60. The van der Waals surface area contributed by atoms with Crippen LogP contribution in [0.3, 0.4) is 0 Å². The van der Waals surface area contributed by atoms with Crippen molar-refractivity contribution in [3.63, 3.8) is 0 Å². The van der Waals surface area contributed by atoms with Crippen LogP contribution in [0.4, 0.5) is 5.69 Å². The van der Waals surface area contributed by atoms with Crippen molar-refractivity contribution in [2.24, 2.45) is 5.92 Å². The van der Waals surface area contributed by atoms with Crippen LogP contribution in [0.1, 0.15) is 56.1 Å². The summed E-state index contributed by atoms with van der Waals surface area (Å²) >= 11 is 0. The molecule has 0 spiro atoms. The highest BCUT2D eigenvalue weighted by molar-refractivity contribution is 5.91. The van der Waals surface area contributed by atoms with Gasteiger partial charge in [-0.3, -0.25) is 4.79 Å². The number of fused-ring (bicyclic) bond motifs is 1. The second-order valence-corrected chi connectivity index (χ2v) is 6.52. The maximum absolute atomic E-state index is 12.2. The van der Waals surface area contributed by atoms with Crippen LogP contribution in [0.15, 0.2) is 18.2 Å². The van der Waals surface area contributed by atoms with Crippen LogP contribution in [0.2, 0.25) is 0 Å². The predicted molar refractivity (Wildman–Crippen MR) is 86.3 cm³/mol. The van der Waals surface area contributed by atoms with Gasteiger partial charge in [-0.15, -0.1) is 0 Å². The lowest BCUT2D eigenvalue weighted by molar-refractivity contribution is -0.117. The molecule has 3 heteroatoms. The first-order valence-corrected chi connectivity index (χ1v) is 8.43. The van der Waals surface area contributed by atoms with Gasteiger partial charge in [0.2, 0.25) is 5.91 Å². The summed E-state index contributed by atoms with van der Waals surface area (Å²) in [7, 11) is 0. The average Bonchev–Trinajstić information content (AvgIpc) is 2.75. The van der Waals surface area contributed by atoms with Crippen LogP contribution in [0.5, 0.6) is 0 Å². The van der Waals surface area contributed by atoms with Gasteiger partial charge in [0.1, 0.15) is 0 Å². The average molecular weight is 286 g/mol. The molecule has 0 saturated heterocycles. The maximum Gasteiger partial charge on any atom is 0.224 e. The first kappa shape index (κ1) is 14.6. The molecule has 0 aromatic heterocycles. The number of anilines is 1. The highest BCUT2D eigenvalue weighted by Crippen LogP contribution is 2.26. The van der Waals surface area contributed by atoms with Crippen molar-refractivity contribution in [2.45, 2.75) is 57.9 Å². The van der Waals surface area contributed by atoms with E-state index < -0.39 is 0 Å². The molecule has 1 aromatic rings. The van der Waals surface area contributed by atoms with Crippen molar-refractivity contribution in [3.8, 4) is 0 Å². The monoisotopic (exact) mass is 286 g/mol. The van der Waals surface area contributed by atoms with E-state index >= 15 is 0 Å². The molecule has 0 unspecified atom stereocenters. The normalized spacial score (nSPS) is 19.6. The minimum atomic E-state index is 0.186. The molecular formula is C18H26N2O. The van der Waals surface area contributed by atoms with E-state index in [0.29, 0.717) is 12.3 Å². The molecule has 21 heavy (non-hydrogen) atoms. The van der Waals surface area contributed by atoms with E-state index in [4.69, 9.17) is 0 Å². The van der Waals surface area contributed by atoms with Crippen molar-refractivity contribution in [3.05, 3.63) is 29.3 Å². The molecule has 0 radical (unpaired) electrons. The molecule has 1 aliphatic carbocycles. The molecule has 0 atom stereocenters. The summed E-state index contributed by atoms with van der Waals surface area (Å²) in [6.07, 6.45) is 9.50. The molecule has 114 valence electrons. The zero-order chi connectivity index (χ0) is 14.5. The van der Waals surface area contributed by atoms with Crippen LogP contribution in [-0.2, 0) is 17.8 Å². The number of rotatable bonds is 3. The highest BCUT2D eigenvalue weighted by atomic mass is 16.1.